The Bertz CT molecular complexity index is 449. The van der Waals surface area contributed by atoms with Gasteiger partial charge in [0.1, 0.15) is 11.5 Å². The van der Waals surface area contributed by atoms with Gasteiger partial charge in [-0.15, -0.1) is 0 Å². The summed E-state index contributed by atoms with van der Waals surface area (Å²) in [6, 6.07) is 5.60. The van der Waals surface area contributed by atoms with Crippen LogP contribution in [0.15, 0.2) is 18.2 Å². The van der Waals surface area contributed by atoms with Gasteiger partial charge >= 0.3 is 0 Å². The monoisotopic (exact) mass is 294 g/mol. The van der Waals surface area contributed by atoms with E-state index < -0.39 is 6.10 Å². The number of hydrogen-bond donors (Lipinski definition) is 2. The van der Waals surface area contributed by atoms with Gasteiger partial charge in [0.25, 0.3) is 5.91 Å². The second kappa shape index (κ2) is 9.23. The molecule has 5 heteroatoms. The molecule has 2 N–H and O–H groups in total. The quantitative estimate of drug-likeness (QED) is 0.732. The molecule has 0 saturated carbocycles. The van der Waals surface area contributed by atoms with E-state index in [-0.39, 0.29) is 5.91 Å². The SMILES string of the molecule is CCCNC(=O)C(C)Oc1ccc(OC)cc1CNCC. The maximum absolute atomic E-state index is 11.9. The van der Waals surface area contributed by atoms with Crippen LogP contribution in [0.5, 0.6) is 11.5 Å². The molecule has 0 fully saturated rings. The van der Waals surface area contributed by atoms with Gasteiger partial charge in [0.15, 0.2) is 6.10 Å². The number of hydrogen-bond acceptors (Lipinski definition) is 4. The minimum Gasteiger partial charge on any atom is -0.497 e. The van der Waals surface area contributed by atoms with Crippen molar-refractivity contribution in [2.24, 2.45) is 0 Å². The van der Waals surface area contributed by atoms with Crippen molar-refractivity contribution in [3.05, 3.63) is 23.8 Å². The predicted molar refractivity (Wildman–Crippen MR) is 83.8 cm³/mol. The fraction of sp³-hybridized carbons (Fsp3) is 0.562. The number of carbonyl (C=O) groups excluding carboxylic acids is 1. The number of ether oxygens (including phenoxy) is 2. The molecule has 0 aliphatic carbocycles. The highest BCUT2D eigenvalue weighted by molar-refractivity contribution is 5.80. The summed E-state index contributed by atoms with van der Waals surface area (Å²) in [6.45, 7) is 8.02. The molecule has 0 aromatic heterocycles. The number of carbonyl (C=O) groups is 1. The van der Waals surface area contributed by atoms with Crippen molar-refractivity contribution >= 4 is 5.91 Å². The molecular weight excluding hydrogens is 268 g/mol. The van der Waals surface area contributed by atoms with Gasteiger partial charge in [0.05, 0.1) is 7.11 Å². The van der Waals surface area contributed by atoms with Crippen molar-refractivity contribution < 1.29 is 14.3 Å². The summed E-state index contributed by atoms with van der Waals surface area (Å²) in [6.07, 6.45) is 0.387. The second-order valence-electron chi connectivity index (χ2n) is 4.81. The Hall–Kier alpha value is -1.75. The Morgan fingerprint density at radius 2 is 2.10 bits per heavy atom. The summed E-state index contributed by atoms with van der Waals surface area (Å²) < 4.78 is 11.0. The van der Waals surface area contributed by atoms with Crippen LogP contribution in [0.25, 0.3) is 0 Å². The molecule has 1 atom stereocenters. The first-order valence-corrected chi connectivity index (χ1v) is 7.44. The summed E-state index contributed by atoms with van der Waals surface area (Å²) in [7, 11) is 1.63. The number of nitrogens with one attached hydrogen (secondary N) is 2. The third kappa shape index (κ3) is 5.63. The molecule has 5 nitrogen and oxygen atoms in total. The van der Waals surface area contributed by atoms with Gasteiger partial charge in [-0.25, -0.2) is 0 Å². The van der Waals surface area contributed by atoms with Crippen molar-refractivity contribution in [2.45, 2.75) is 39.8 Å². The van der Waals surface area contributed by atoms with Gasteiger partial charge in [-0.2, -0.15) is 0 Å². The summed E-state index contributed by atoms with van der Waals surface area (Å²) in [5.74, 6) is 1.39. The molecule has 0 aliphatic rings. The number of methoxy groups -OCH3 is 1. The molecule has 1 rings (SSSR count). The van der Waals surface area contributed by atoms with Crippen LogP contribution in [-0.4, -0.2) is 32.2 Å². The zero-order chi connectivity index (χ0) is 15.7. The van der Waals surface area contributed by atoms with Crippen LogP contribution in [0.4, 0.5) is 0 Å². The van der Waals surface area contributed by atoms with E-state index >= 15 is 0 Å². The fourth-order valence-corrected chi connectivity index (χ4v) is 1.83. The van der Waals surface area contributed by atoms with Crippen LogP contribution in [0.2, 0.25) is 0 Å². The maximum atomic E-state index is 11.9. The zero-order valence-electron chi connectivity index (χ0n) is 13.4. The van der Waals surface area contributed by atoms with E-state index in [1.165, 1.54) is 0 Å². The minimum atomic E-state index is -0.523. The molecule has 0 saturated heterocycles. The van der Waals surface area contributed by atoms with Crippen molar-refractivity contribution in [2.75, 3.05) is 20.2 Å². The predicted octanol–water partition coefficient (Wildman–Crippen LogP) is 2.10. The van der Waals surface area contributed by atoms with E-state index in [4.69, 9.17) is 9.47 Å². The van der Waals surface area contributed by atoms with Gasteiger partial charge in [0.2, 0.25) is 0 Å². The van der Waals surface area contributed by atoms with Crippen LogP contribution < -0.4 is 20.1 Å². The summed E-state index contributed by atoms with van der Waals surface area (Å²) in [5.41, 5.74) is 0.978. The number of rotatable bonds is 9. The molecule has 1 unspecified atom stereocenters. The molecular formula is C16H26N2O3. The topological polar surface area (TPSA) is 59.6 Å². The van der Waals surface area contributed by atoms with E-state index in [9.17, 15) is 4.79 Å². The average Bonchev–Trinajstić information content (AvgIpc) is 2.51. The summed E-state index contributed by atoms with van der Waals surface area (Å²) in [4.78, 5) is 11.9. The lowest BCUT2D eigenvalue weighted by atomic mass is 10.2. The highest BCUT2D eigenvalue weighted by atomic mass is 16.5. The largest absolute Gasteiger partial charge is 0.497 e. The van der Waals surface area contributed by atoms with Gasteiger partial charge in [-0.3, -0.25) is 4.79 Å². The van der Waals surface area contributed by atoms with Crippen LogP contribution >= 0.6 is 0 Å². The Kier molecular flexibility index (Phi) is 7.61. The second-order valence-corrected chi connectivity index (χ2v) is 4.81. The number of benzene rings is 1. The third-order valence-corrected chi connectivity index (χ3v) is 3.06. The van der Waals surface area contributed by atoms with Gasteiger partial charge in [-0.05, 0) is 38.1 Å². The molecule has 118 valence electrons. The van der Waals surface area contributed by atoms with Crippen molar-refractivity contribution in [1.29, 1.82) is 0 Å². The lowest BCUT2D eigenvalue weighted by molar-refractivity contribution is -0.127. The summed E-state index contributed by atoms with van der Waals surface area (Å²) in [5, 5.41) is 6.09. The highest BCUT2D eigenvalue weighted by Gasteiger charge is 2.16. The molecule has 1 aromatic carbocycles. The fourth-order valence-electron chi connectivity index (χ4n) is 1.83. The van der Waals surface area contributed by atoms with Crippen LogP contribution in [0.3, 0.4) is 0 Å². The lowest BCUT2D eigenvalue weighted by Crippen LogP contribution is -2.36. The summed E-state index contributed by atoms with van der Waals surface area (Å²) >= 11 is 0. The minimum absolute atomic E-state index is 0.0953. The van der Waals surface area contributed by atoms with Crippen molar-refractivity contribution in [1.82, 2.24) is 10.6 Å². The Morgan fingerprint density at radius 3 is 2.71 bits per heavy atom. The van der Waals surface area contributed by atoms with Crippen LogP contribution in [0.1, 0.15) is 32.8 Å². The van der Waals surface area contributed by atoms with Gasteiger partial charge in [0, 0.05) is 18.7 Å². The van der Waals surface area contributed by atoms with Crippen LogP contribution in [-0.2, 0) is 11.3 Å². The van der Waals surface area contributed by atoms with E-state index in [1.54, 1.807) is 14.0 Å². The van der Waals surface area contributed by atoms with E-state index in [2.05, 4.69) is 10.6 Å². The molecule has 0 aliphatic heterocycles. The van der Waals surface area contributed by atoms with Gasteiger partial charge < -0.3 is 20.1 Å². The van der Waals surface area contributed by atoms with Gasteiger partial charge in [-0.1, -0.05) is 13.8 Å². The number of amides is 1. The molecule has 0 radical (unpaired) electrons. The Balaban J connectivity index is 2.78. The lowest BCUT2D eigenvalue weighted by Gasteiger charge is -2.18. The van der Waals surface area contributed by atoms with E-state index in [1.807, 2.05) is 32.0 Å². The highest BCUT2D eigenvalue weighted by Crippen LogP contribution is 2.25. The Morgan fingerprint density at radius 1 is 1.33 bits per heavy atom. The molecule has 1 aromatic rings. The van der Waals surface area contributed by atoms with Crippen molar-refractivity contribution in [3.63, 3.8) is 0 Å². The standard InChI is InChI=1S/C16H26N2O3/c1-5-9-18-16(19)12(3)21-15-8-7-14(20-4)10-13(15)11-17-6-2/h7-8,10,12,17H,5-6,9,11H2,1-4H3,(H,18,19). The zero-order valence-corrected chi connectivity index (χ0v) is 13.4. The molecule has 21 heavy (non-hydrogen) atoms. The smallest absolute Gasteiger partial charge is 0.260 e. The van der Waals surface area contributed by atoms with Crippen molar-refractivity contribution in [3.8, 4) is 11.5 Å². The molecule has 1 amide bonds. The molecule has 0 spiro atoms. The normalized spacial score (nSPS) is 11.8. The third-order valence-electron chi connectivity index (χ3n) is 3.06. The van der Waals surface area contributed by atoms with Crippen LogP contribution in [0, 0.1) is 0 Å². The van der Waals surface area contributed by atoms with E-state index in [0.29, 0.717) is 18.8 Å². The molecule has 0 heterocycles. The first kappa shape index (κ1) is 17.3. The Labute approximate surface area is 127 Å². The molecule has 0 bridgehead atoms. The average molecular weight is 294 g/mol. The first-order chi connectivity index (χ1) is 10.1. The first-order valence-electron chi connectivity index (χ1n) is 7.44. The van der Waals surface area contributed by atoms with E-state index in [0.717, 1.165) is 24.3 Å². The maximum Gasteiger partial charge on any atom is 0.260 e.